The molecular weight excluding hydrogens is 1340 g/mol. The van der Waals surface area contributed by atoms with Gasteiger partial charge in [0.2, 0.25) is 0 Å². The lowest BCUT2D eigenvalue weighted by molar-refractivity contribution is -0.384. The minimum absolute atomic E-state index is 0.0157. The molecule has 0 amide bonds. The van der Waals surface area contributed by atoms with Gasteiger partial charge in [-0.1, -0.05) is 35.3 Å². The summed E-state index contributed by atoms with van der Waals surface area (Å²) < 4.78 is 70.2. The predicted octanol–water partition coefficient (Wildman–Crippen LogP) is 10.4. The quantitative estimate of drug-likeness (QED) is 0.0550. The number of hydrogen-bond donors (Lipinski definition) is 3. The zero-order chi connectivity index (χ0) is 71.1. The number of nitrogens with zero attached hydrogens (tertiary/aromatic N) is 15. The van der Waals surface area contributed by atoms with Gasteiger partial charge in [-0.15, -0.1) is 0 Å². The average Bonchev–Trinajstić information content (AvgIpc) is 1.64. The monoisotopic (exact) mass is 1420 g/mol. The van der Waals surface area contributed by atoms with E-state index in [0.29, 0.717) is 135 Å². The zero-order valence-corrected chi connectivity index (χ0v) is 58.4. The maximum atomic E-state index is 14.7. The first-order valence-electron chi connectivity index (χ1n) is 33.0. The Morgan fingerprint density at radius 3 is 1.28 bits per heavy atom. The first kappa shape index (κ1) is 72.4. The highest BCUT2D eigenvalue weighted by Crippen LogP contribution is 2.35. The molecule has 25 nitrogen and oxygen atoms in total. The molecule has 8 aromatic rings. The summed E-state index contributed by atoms with van der Waals surface area (Å²) in [5.41, 5.74) is 19.0. The topological polar surface area (TPSA) is 270 Å². The van der Waals surface area contributed by atoms with Gasteiger partial charge >= 0.3 is 0 Å². The number of nitrogens with two attached hydrogens (primary N) is 1. The number of morpholine rings is 4. The fourth-order valence-corrected chi connectivity index (χ4v) is 12.8. The van der Waals surface area contributed by atoms with E-state index >= 15 is 0 Å². The fraction of sp³-hybridized carbons (Fsp3) is 0.366. The molecule has 0 bridgehead atoms. The molecule has 7 aliphatic rings. The standard InChI is InChI=1S/C18H20FN5O.C17H18FN5O.C16H17FN4O.C10H11ClN2O3.C10H13ClN2O/c1-23(2)18-16-14(21-11-22-18)10-20-17(16)12-3-4-15(13(19)9-12)24-5-7-25-8-6-24;1-19-17-15-13(21-10-22-17)9-20-16(15)11-2-3-14(12(18)8-11)23-4-6-24-7-5-23;1-9(2)22-13-5-4-10(6-11(13)17)15-14-12(7-19-15)20-8-21-16(14)18-3;11-9-7-8(13(14)15)1-2-10(9)12-3-5-16-6-4-12;11-9-7-8(12)1-2-10(9)13-3-5-14-6-4-13/h3-4,9,11H,5-8,10H2,1-2H3;2-3,8,10H,4-7,9H2,1H3,(H,19,21,22);4-6,8-9H,7H2,1-3H3,(H,18,20,21);1-2,7H,3-6H2;1-2,7H,3-6,12H2. The van der Waals surface area contributed by atoms with Crippen LogP contribution in [0.15, 0.2) is 125 Å². The van der Waals surface area contributed by atoms with Crippen LogP contribution in [0.25, 0.3) is 0 Å². The van der Waals surface area contributed by atoms with E-state index < -0.39 is 10.7 Å². The molecule has 0 saturated carbocycles. The summed E-state index contributed by atoms with van der Waals surface area (Å²) in [6.07, 6.45) is 4.50. The predicted molar refractivity (Wildman–Crippen MR) is 389 cm³/mol. The molecule has 0 radical (unpaired) electrons. The molecule has 530 valence electrons. The fourth-order valence-electron chi connectivity index (χ4n) is 12.2. The van der Waals surface area contributed by atoms with Crippen molar-refractivity contribution in [1.29, 1.82) is 0 Å². The maximum Gasteiger partial charge on any atom is 0.271 e. The van der Waals surface area contributed by atoms with Gasteiger partial charge in [-0.2, -0.15) is 0 Å². The van der Waals surface area contributed by atoms with Gasteiger partial charge in [-0.3, -0.25) is 25.1 Å². The highest BCUT2D eigenvalue weighted by molar-refractivity contribution is 6.34. The van der Waals surface area contributed by atoms with E-state index in [1.807, 2.05) is 79.0 Å². The third kappa shape index (κ3) is 17.5. The largest absolute Gasteiger partial charge is 0.488 e. The number of anilines is 8. The lowest BCUT2D eigenvalue weighted by Crippen LogP contribution is -2.36. The van der Waals surface area contributed by atoms with E-state index in [2.05, 4.69) is 65.3 Å². The smallest absolute Gasteiger partial charge is 0.271 e. The number of non-ortho nitro benzene ring substituents is 1. The minimum atomic E-state index is -0.449. The third-order valence-corrected chi connectivity index (χ3v) is 17.7. The van der Waals surface area contributed by atoms with E-state index in [1.54, 1.807) is 56.8 Å². The normalized spacial score (nSPS) is 15.9. The van der Waals surface area contributed by atoms with Crippen LogP contribution >= 0.6 is 23.2 Å². The summed E-state index contributed by atoms with van der Waals surface area (Å²) in [4.78, 5) is 59.6. The van der Waals surface area contributed by atoms with Crippen molar-refractivity contribution in [3.8, 4) is 5.75 Å². The van der Waals surface area contributed by atoms with Crippen molar-refractivity contribution < 1.29 is 41.8 Å². The van der Waals surface area contributed by atoms with Gasteiger partial charge in [0.05, 0.1) is 167 Å². The summed E-state index contributed by atoms with van der Waals surface area (Å²) in [7, 11) is 7.46. The van der Waals surface area contributed by atoms with Crippen LogP contribution in [-0.2, 0) is 38.6 Å². The SMILES string of the molecule is CN(C)c1ncnc2c1C(c1ccc(N3CCOCC3)c(F)c1)=NC2.CNc1ncnc2c1C(c1ccc(N3CCOCC3)c(F)c1)=NC2.CNc1ncnc2c1C(c1ccc(OC(C)C)c(F)c1)=NC2.Nc1ccc(N2CCOCC2)c(Cl)c1.O=[N+]([O-])c1ccc(N2CCOCC2)c(Cl)c1. The lowest BCUT2D eigenvalue weighted by atomic mass is 10.0. The number of ether oxygens (including phenoxy) is 5. The third-order valence-electron chi connectivity index (χ3n) is 17.1. The van der Waals surface area contributed by atoms with Gasteiger partial charge in [-0.25, -0.2) is 43.1 Å². The Balaban J connectivity index is 0.000000129. The Hall–Kier alpha value is -9.84. The van der Waals surface area contributed by atoms with Crippen LogP contribution in [0.5, 0.6) is 5.75 Å². The summed E-state index contributed by atoms with van der Waals surface area (Å²) in [6.45, 7) is 16.7. The van der Waals surface area contributed by atoms with Crippen molar-refractivity contribution in [2.75, 3.05) is 174 Å². The van der Waals surface area contributed by atoms with Gasteiger partial charge in [0.25, 0.3) is 5.69 Å². The molecule has 101 heavy (non-hydrogen) atoms. The average molecular weight is 1420 g/mol. The summed E-state index contributed by atoms with van der Waals surface area (Å²) in [5, 5.41) is 17.8. The van der Waals surface area contributed by atoms with Gasteiger partial charge in [0.15, 0.2) is 11.6 Å². The number of nitro benzene ring substituents is 1. The number of nitrogen functional groups attached to an aromatic ring is 1. The molecule has 3 aromatic heterocycles. The van der Waals surface area contributed by atoms with Crippen LogP contribution < -0.4 is 45.6 Å². The molecule has 30 heteroatoms. The Morgan fingerprint density at radius 1 is 0.515 bits per heavy atom. The van der Waals surface area contributed by atoms with Crippen molar-refractivity contribution >= 4 is 91.9 Å². The van der Waals surface area contributed by atoms with Crippen LogP contribution in [0, 0.1) is 27.6 Å². The Kier molecular flexibility index (Phi) is 24.4. The van der Waals surface area contributed by atoms with Crippen LogP contribution in [-0.4, -0.2) is 191 Å². The van der Waals surface area contributed by atoms with E-state index in [1.165, 1.54) is 30.9 Å². The maximum absolute atomic E-state index is 14.7. The van der Waals surface area contributed by atoms with Gasteiger partial charge in [-0.05, 0) is 80.6 Å². The highest BCUT2D eigenvalue weighted by atomic mass is 35.5. The van der Waals surface area contributed by atoms with E-state index in [9.17, 15) is 23.3 Å². The zero-order valence-electron chi connectivity index (χ0n) is 56.9. The number of rotatable bonds is 13. The Morgan fingerprint density at radius 2 is 0.891 bits per heavy atom. The number of fused-ring (bicyclic) bond motifs is 3. The number of halogens is 5. The van der Waals surface area contributed by atoms with Crippen molar-refractivity contribution in [1.82, 2.24) is 29.9 Å². The second-order valence-electron chi connectivity index (χ2n) is 24.1. The van der Waals surface area contributed by atoms with E-state index in [0.717, 1.165) is 113 Å². The molecule has 0 aliphatic carbocycles. The molecule has 15 rings (SSSR count). The number of benzene rings is 5. The number of nitrogens with one attached hydrogen (secondary N) is 2. The minimum Gasteiger partial charge on any atom is -0.488 e. The van der Waals surface area contributed by atoms with Crippen molar-refractivity contribution in [3.63, 3.8) is 0 Å². The van der Waals surface area contributed by atoms with Crippen LogP contribution in [0.1, 0.15) is 64.3 Å². The number of aliphatic imine (C=N–C) groups is 3. The molecular formula is C71H79Cl2F3N18O7. The van der Waals surface area contributed by atoms with Crippen LogP contribution in [0.2, 0.25) is 10.0 Å². The Bertz CT molecular complexity index is 4340. The molecule has 0 spiro atoms. The van der Waals surface area contributed by atoms with Gasteiger partial charge < -0.3 is 64.6 Å². The van der Waals surface area contributed by atoms with Crippen LogP contribution in [0.4, 0.5) is 64.7 Å². The lowest BCUT2D eigenvalue weighted by Gasteiger charge is -2.29. The second-order valence-corrected chi connectivity index (χ2v) is 25.0. The van der Waals surface area contributed by atoms with Crippen LogP contribution in [0.3, 0.4) is 0 Å². The number of nitro groups is 1. The van der Waals surface area contributed by atoms with Gasteiger partial charge in [0.1, 0.15) is 48.1 Å². The summed E-state index contributed by atoms with van der Waals surface area (Å²) >= 11 is 12.1. The Labute approximate surface area is 593 Å². The molecule has 5 aromatic carbocycles. The van der Waals surface area contributed by atoms with Crippen molar-refractivity contribution in [2.24, 2.45) is 15.0 Å². The summed E-state index contributed by atoms with van der Waals surface area (Å²) in [5.74, 6) is 1.59. The highest BCUT2D eigenvalue weighted by Gasteiger charge is 2.29. The van der Waals surface area contributed by atoms with Crippen molar-refractivity contribution in [3.05, 3.63) is 198 Å². The second kappa shape index (κ2) is 34.0. The molecule has 4 N–H and O–H groups in total. The number of aromatic nitrogens is 6. The molecule has 10 heterocycles. The molecule has 0 atom stereocenters. The van der Waals surface area contributed by atoms with Gasteiger partial charge in [0, 0.05) is 115 Å². The summed E-state index contributed by atoms with van der Waals surface area (Å²) in [6, 6.07) is 25.6. The molecule has 4 fully saturated rings. The number of hydrogen-bond acceptors (Lipinski definition) is 24. The first-order valence-corrected chi connectivity index (χ1v) is 33.8. The van der Waals surface area contributed by atoms with E-state index in [-0.39, 0.29) is 29.2 Å². The molecule has 4 saturated heterocycles. The first-order chi connectivity index (χ1) is 49.0. The van der Waals surface area contributed by atoms with Crippen molar-refractivity contribution in [2.45, 2.75) is 39.6 Å². The molecule has 7 aliphatic heterocycles. The van der Waals surface area contributed by atoms with E-state index in [4.69, 9.17) is 52.6 Å². The molecule has 0 unspecified atom stereocenters.